The molecule has 0 fully saturated rings. The molecule has 2 aromatic rings. The maximum Gasteiger partial charge on any atom is 0.233 e. The van der Waals surface area contributed by atoms with Crippen molar-refractivity contribution in [1.29, 1.82) is 0 Å². The molecule has 0 aliphatic carbocycles. The summed E-state index contributed by atoms with van der Waals surface area (Å²) in [5.74, 6) is -0.637. The number of hydrogen-bond donors (Lipinski definition) is 1. The van der Waals surface area contributed by atoms with E-state index in [1.807, 2.05) is 0 Å². The van der Waals surface area contributed by atoms with Crippen LogP contribution in [0.25, 0.3) is 11.0 Å². The molecular formula is C7H4ClFN2. The average molecular weight is 171 g/mol. The third-order valence-electron chi connectivity index (χ3n) is 1.45. The Kier molecular flexibility index (Phi) is 1.32. The molecule has 0 atom stereocenters. The number of halogens is 2. The van der Waals surface area contributed by atoms with Gasteiger partial charge in [-0.3, -0.25) is 0 Å². The Balaban J connectivity index is 2.86. The lowest BCUT2D eigenvalue weighted by Crippen LogP contribution is -1.83. The molecule has 0 saturated carbocycles. The summed E-state index contributed by atoms with van der Waals surface area (Å²) in [5.41, 5.74) is 0.520. The van der Waals surface area contributed by atoms with E-state index in [1.165, 1.54) is 6.07 Å². The molecule has 0 aliphatic rings. The number of H-pyrrole nitrogens is 1. The predicted molar refractivity (Wildman–Crippen MR) is 41.1 cm³/mol. The van der Waals surface area contributed by atoms with Crippen LogP contribution in [0.4, 0.5) is 4.39 Å². The minimum absolute atomic E-state index is 0.0529. The number of aromatic nitrogens is 2. The summed E-state index contributed by atoms with van der Waals surface area (Å²) in [6.07, 6.45) is 1.69. The van der Waals surface area contributed by atoms with Crippen LogP contribution < -0.4 is 0 Å². The topological polar surface area (TPSA) is 28.7 Å². The maximum absolute atomic E-state index is 12.7. The van der Waals surface area contributed by atoms with Crippen molar-refractivity contribution >= 4 is 22.6 Å². The van der Waals surface area contributed by atoms with Crippen LogP contribution in [-0.2, 0) is 0 Å². The zero-order valence-corrected chi connectivity index (χ0v) is 6.19. The van der Waals surface area contributed by atoms with E-state index in [2.05, 4.69) is 9.97 Å². The van der Waals surface area contributed by atoms with Gasteiger partial charge in [-0.1, -0.05) is 11.6 Å². The van der Waals surface area contributed by atoms with Crippen LogP contribution in [0, 0.1) is 5.95 Å². The van der Waals surface area contributed by atoms with Crippen LogP contribution in [0.5, 0.6) is 0 Å². The van der Waals surface area contributed by atoms with Gasteiger partial charge in [-0.05, 0) is 12.1 Å². The average Bonchev–Trinajstić information content (AvgIpc) is 2.36. The summed E-state index contributed by atoms with van der Waals surface area (Å²) >= 11 is 5.49. The summed E-state index contributed by atoms with van der Waals surface area (Å²) < 4.78 is 12.7. The van der Waals surface area contributed by atoms with Gasteiger partial charge in [0.15, 0.2) is 0 Å². The molecule has 0 unspecified atom stereocenters. The van der Waals surface area contributed by atoms with Gasteiger partial charge in [0.25, 0.3) is 0 Å². The van der Waals surface area contributed by atoms with E-state index in [0.29, 0.717) is 5.65 Å². The summed E-state index contributed by atoms with van der Waals surface area (Å²) in [6.45, 7) is 0. The van der Waals surface area contributed by atoms with Crippen LogP contribution in [0.15, 0.2) is 18.3 Å². The van der Waals surface area contributed by atoms with Gasteiger partial charge in [0.2, 0.25) is 5.95 Å². The Morgan fingerprint density at radius 2 is 2.36 bits per heavy atom. The first-order valence-electron chi connectivity index (χ1n) is 3.06. The summed E-state index contributed by atoms with van der Waals surface area (Å²) in [6, 6.07) is 3.32. The molecule has 0 aromatic carbocycles. The highest BCUT2D eigenvalue weighted by Crippen LogP contribution is 2.18. The number of nitrogens with zero attached hydrogens (tertiary/aromatic N) is 1. The molecular weight excluding hydrogens is 167 g/mol. The van der Waals surface area contributed by atoms with Crippen molar-refractivity contribution in [2.24, 2.45) is 0 Å². The third kappa shape index (κ3) is 0.973. The van der Waals surface area contributed by atoms with Crippen molar-refractivity contribution in [2.75, 3.05) is 0 Å². The lowest BCUT2D eigenvalue weighted by atomic mass is 10.3. The molecule has 2 aromatic heterocycles. The minimum atomic E-state index is -0.637. The zero-order valence-electron chi connectivity index (χ0n) is 5.44. The Hall–Kier alpha value is -1.09. The first-order chi connectivity index (χ1) is 5.27. The van der Waals surface area contributed by atoms with Crippen molar-refractivity contribution in [3.63, 3.8) is 0 Å². The standard InChI is InChI=1S/C7H4ClFN2/c8-5-3-4-1-2-10-7(4)11-6(5)9/h1-3H,(H,10,11). The van der Waals surface area contributed by atoms with E-state index in [0.717, 1.165) is 5.39 Å². The van der Waals surface area contributed by atoms with E-state index in [-0.39, 0.29) is 5.02 Å². The quantitative estimate of drug-likeness (QED) is 0.604. The Labute approximate surface area is 67.0 Å². The second-order valence-corrected chi connectivity index (χ2v) is 2.58. The van der Waals surface area contributed by atoms with Gasteiger partial charge in [-0.15, -0.1) is 0 Å². The first kappa shape index (κ1) is 6.61. The molecule has 0 spiro atoms. The lowest BCUT2D eigenvalue weighted by molar-refractivity contribution is 0.589. The normalized spacial score (nSPS) is 10.7. The van der Waals surface area contributed by atoms with E-state index < -0.39 is 5.95 Å². The molecule has 0 saturated heterocycles. The molecule has 2 rings (SSSR count). The third-order valence-corrected chi connectivity index (χ3v) is 1.71. The van der Waals surface area contributed by atoms with Gasteiger partial charge in [-0.2, -0.15) is 4.39 Å². The van der Waals surface area contributed by atoms with Gasteiger partial charge in [-0.25, -0.2) is 4.98 Å². The molecule has 1 N–H and O–H groups in total. The summed E-state index contributed by atoms with van der Waals surface area (Å²) in [4.78, 5) is 6.36. The molecule has 0 bridgehead atoms. The number of rotatable bonds is 0. The number of hydrogen-bond acceptors (Lipinski definition) is 1. The number of aromatic amines is 1. The smallest absolute Gasteiger partial charge is 0.233 e. The van der Waals surface area contributed by atoms with Crippen molar-refractivity contribution in [3.05, 3.63) is 29.3 Å². The zero-order chi connectivity index (χ0) is 7.84. The van der Waals surface area contributed by atoms with E-state index in [1.54, 1.807) is 12.3 Å². The molecule has 0 radical (unpaired) electrons. The molecule has 0 amide bonds. The van der Waals surface area contributed by atoms with E-state index in [4.69, 9.17) is 11.6 Å². The molecule has 4 heteroatoms. The van der Waals surface area contributed by atoms with Crippen LogP contribution in [0.3, 0.4) is 0 Å². The Morgan fingerprint density at radius 1 is 1.55 bits per heavy atom. The van der Waals surface area contributed by atoms with Crippen molar-refractivity contribution < 1.29 is 4.39 Å². The first-order valence-corrected chi connectivity index (χ1v) is 3.44. The van der Waals surface area contributed by atoms with Crippen molar-refractivity contribution in [2.45, 2.75) is 0 Å². The molecule has 56 valence electrons. The van der Waals surface area contributed by atoms with Gasteiger partial charge < -0.3 is 4.98 Å². The number of pyridine rings is 1. The van der Waals surface area contributed by atoms with Crippen molar-refractivity contribution in [1.82, 2.24) is 9.97 Å². The van der Waals surface area contributed by atoms with Crippen molar-refractivity contribution in [3.8, 4) is 0 Å². The monoisotopic (exact) mass is 170 g/mol. The molecule has 11 heavy (non-hydrogen) atoms. The Bertz CT molecular complexity index is 360. The van der Waals surface area contributed by atoms with E-state index in [9.17, 15) is 4.39 Å². The highest BCUT2D eigenvalue weighted by Gasteiger charge is 2.03. The van der Waals surface area contributed by atoms with Crippen LogP contribution in [0.2, 0.25) is 5.02 Å². The fourth-order valence-corrected chi connectivity index (χ4v) is 1.09. The van der Waals surface area contributed by atoms with Gasteiger partial charge >= 0.3 is 0 Å². The van der Waals surface area contributed by atoms with Gasteiger partial charge in [0.05, 0.1) is 5.02 Å². The van der Waals surface area contributed by atoms with Gasteiger partial charge in [0.1, 0.15) is 5.65 Å². The number of fused-ring (bicyclic) bond motifs is 1. The minimum Gasteiger partial charge on any atom is -0.346 e. The second-order valence-electron chi connectivity index (χ2n) is 2.18. The fourth-order valence-electron chi connectivity index (χ4n) is 0.934. The molecule has 2 heterocycles. The maximum atomic E-state index is 12.7. The highest BCUT2D eigenvalue weighted by molar-refractivity contribution is 6.31. The second kappa shape index (κ2) is 2.20. The van der Waals surface area contributed by atoms with Crippen LogP contribution in [-0.4, -0.2) is 9.97 Å². The lowest BCUT2D eigenvalue weighted by Gasteiger charge is -1.91. The SMILES string of the molecule is Fc1nc2[nH]ccc2cc1Cl. The number of nitrogens with one attached hydrogen (secondary N) is 1. The largest absolute Gasteiger partial charge is 0.346 e. The van der Waals surface area contributed by atoms with Crippen LogP contribution in [0.1, 0.15) is 0 Å². The highest BCUT2D eigenvalue weighted by atomic mass is 35.5. The molecule has 0 aliphatic heterocycles. The Morgan fingerprint density at radius 3 is 3.18 bits per heavy atom. The van der Waals surface area contributed by atoms with E-state index >= 15 is 0 Å². The summed E-state index contributed by atoms with van der Waals surface area (Å²) in [7, 11) is 0. The van der Waals surface area contributed by atoms with Gasteiger partial charge in [0, 0.05) is 11.6 Å². The predicted octanol–water partition coefficient (Wildman–Crippen LogP) is 2.36. The van der Waals surface area contributed by atoms with Crippen LogP contribution >= 0.6 is 11.6 Å². The molecule has 2 nitrogen and oxygen atoms in total. The summed E-state index contributed by atoms with van der Waals surface area (Å²) in [5, 5.41) is 0.869. The fraction of sp³-hybridized carbons (Fsp3) is 0.